The minimum absolute atomic E-state index is 0.113. The zero-order valence-electron chi connectivity index (χ0n) is 15.4. The number of carbonyl (C=O) groups is 2. The van der Waals surface area contributed by atoms with Crippen molar-refractivity contribution in [3.05, 3.63) is 29.8 Å². The number of rotatable bonds is 13. The van der Waals surface area contributed by atoms with Gasteiger partial charge >= 0.3 is 6.09 Å². The van der Waals surface area contributed by atoms with Gasteiger partial charge in [-0.05, 0) is 30.7 Å². The first-order chi connectivity index (χ1) is 12.1. The molecule has 0 spiro atoms. The van der Waals surface area contributed by atoms with Crippen molar-refractivity contribution in [1.29, 1.82) is 0 Å². The Morgan fingerprint density at radius 3 is 1.88 bits per heavy atom. The van der Waals surface area contributed by atoms with E-state index in [1.165, 1.54) is 51.4 Å². The Balaban J connectivity index is 2.04. The van der Waals surface area contributed by atoms with Crippen molar-refractivity contribution in [2.45, 2.75) is 71.1 Å². The Hall–Kier alpha value is -2.04. The van der Waals surface area contributed by atoms with Gasteiger partial charge in [-0.1, -0.05) is 64.7 Å². The normalized spacial score (nSPS) is 10.4. The first-order valence-electron chi connectivity index (χ1n) is 9.51. The molecule has 0 unspecified atom stereocenters. The molecule has 0 saturated heterocycles. The van der Waals surface area contributed by atoms with E-state index in [9.17, 15) is 9.59 Å². The van der Waals surface area contributed by atoms with Crippen LogP contribution in [0.4, 0.5) is 10.5 Å². The second-order valence-electron chi connectivity index (χ2n) is 6.45. The lowest BCUT2D eigenvalue weighted by Gasteiger charge is -2.06. The molecule has 0 saturated carbocycles. The molecule has 25 heavy (non-hydrogen) atoms. The summed E-state index contributed by atoms with van der Waals surface area (Å²) >= 11 is 0. The Morgan fingerprint density at radius 1 is 0.840 bits per heavy atom. The Labute approximate surface area is 151 Å². The van der Waals surface area contributed by atoms with Crippen LogP contribution in [0.15, 0.2) is 24.3 Å². The number of unbranched alkanes of at least 4 members (excludes halogenated alkanes) is 9. The van der Waals surface area contributed by atoms with Gasteiger partial charge in [-0.3, -0.25) is 10.1 Å². The van der Waals surface area contributed by atoms with Crippen LogP contribution >= 0.6 is 0 Å². The second-order valence-corrected chi connectivity index (χ2v) is 6.45. The molecular weight excluding hydrogens is 316 g/mol. The minimum Gasteiger partial charge on any atom is -0.465 e. The Bertz CT molecular complexity index is 500. The predicted octanol–water partition coefficient (Wildman–Crippen LogP) is 5.43. The highest BCUT2D eigenvalue weighted by molar-refractivity contribution is 5.95. The molecule has 0 aliphatic heterocycles. The fourth-order valence-electron chi connectivity index (χ4n) is 2.74. The average molecular weight is 348 g/mol. The Morgan fingerprint density at radius 2 is 1.36 bits per heavy atom. The highest BCUT2D eigenvalue weighted by Gasteiger charge is 2.05. The van der Waals surface area contributed by atoms with E-state index in [1.54, 1.807) is 24.3 Å². The summed E-state index contributed by atoms with van der Waals surface area (Å²) in [5, 5.41) is 13.8. The van der Waals surface area contributed by atoms with Crippen molar-refractivity contribution in [3.8, 4) is 0 Å². The van der Waals surface area contributed by atoms with E-state index in [1.807, 2.05) is 0 Å². The summed E-state index contributed by atoms with van der Waals surface area (Å²) in [5.74, 6) is -0.113. The van der Waals surface area contributed by atoms with Crippen LogP contribution in [-0.4, -0.2) is 23.7 Å². The largest absolute Gasteiger partial charge is 0.465 e. The number of hydrogen-bond acceptors (Lipinski definition) is 2. The fourth-order valence-corrected chi connectivity index (χ4v) is 2.74. The molecule has 1 aromatic carbocycles. The van der Waals surface area contributed by atoms with E-state index in [2.05, 4.69) is 17.6 Å². The van der Waals surface area contributed by atoms with E-state index < -0.39 is 6.09 Å². The third-order valence-electron chi connectivity index (χ3n) is 4.21. The number of carbonyl (C=O) groups excluding carboxylic acids is 1. The highest BCUT2D eigenvalue weighted by atomic mass is 16.4. The third-order valence-corrected chi connectivity index (χ3v) is 4.21. The van der Waals surface area contributed by atoms with Crippen LogP contribution < -0.4 is 10.6 Å². The molecule has 5 nitrogen and oxygen atoms in total. The molecule has 0 aliphatic rings. The molecule has 0 bridgehead atoms. The number of anilines is 1. The van der Waals surface area contributed by atoms with Gasteiger partial charge in [0.25, 0.3) is 5.91 Å². The first kappa shape index (κ1) is 21.0. The summed E-state index contributed by atoms with van der Waals surface area (Å²) in [7, 11) is 0. The summed E-state index contributed by atoms with van der Waals surface area (Å²) in [4.78, 5) is 22.5. The lowest BCUT2D eigenvalue weighted by atomic mass is 10.1. The summed E-state index contributed by atoms with van der Waals surface area (Å²) in [5.41, 5.74) is 1.00. The molecule has 5 heteroatoms. The van der Waals surface area contributed by atoms with Crippen molar-refractivity contribution in [2.24, 2.45) is 0 Å². The molecule has 0 heterocycles. The maximum absolute atomic E-state index is 12.0. The van der Waals surface area contributed by atoms with E-state index in [0.29, 0.717) is 17.8 Å². The van der Waals surface area contributed by atoms with Gasteiger partial charge in [0.05, 0.1) is 0 Å². The molecule has 0 fully saturated rings. The van der Waals surface area contributed by atoms with Gasteiger partial charge in [-0.2, -0.15) is 0 Å². The van der Waals surface area contributed by atoms with Crippen molar-refractivity contribution >= 4 is 17.7 Å². The van der Waals surface area contributed by atoms with Crippen LogP contribution in [0.3, 0.4) is 0 Å². The molecule has 0 radical (unpaired) electrons. The van der Waals surface area contributed by atoms with Crippen molar-refractivity contribution in [1.82, 2.24) is 5.32 Å². The predicted molar refractivity (Wildman–Crippen MR) is 102 cm³/mol. The van der Waals surface area contributed by atoms with E-state index in [0.717, 1.165) is 12.8 Å². The smallest absolute Gasteiger partial charge is 0.409 e. The second kappa shape index (κ2) is 13.3. The van der Waals surface area contributed by atoms with Gasteiger partial charge in [0.15, 0.2) is 0 Å². The van der Waals surface area contributed by atoms with Crippen LogP contribution in [0.25, 0.3) is 0 Å². The molecule has 1 aromatic rings. The standard InChI is InChI=1S/C20H32N2O3/c1-2-3-4-5-6-7-8-9-10-11-16-21-19(23)17-12-14-18(15-13-17)22-20(24)25/h12-15,22H,2-11,16H2,1H3,(H,21,23)(H,24,25). The SMILES string of the molecule is CCCCCCCCCCCCNC(=O)c1ccc(NC(=O)O)cc1. The lowest BCUT2D eigenvalue weighted by molar-refractivity contribution is 0.0953. The van der Waals surface area contributed by atoms with Gasteiger partial charge in [-0.15, -0.1) is 0 Å². The van der Waals surface area contributed by atoms with Crippen LogP contribution in [-0.2, 0) is 0 Å². The molecule has 0 aromatic heterocycles. The van der Waals surface area contributed by atoms with Crippen molar-refractivity contribution in [2.75, 3.05) is 11.9 Å². The number of amides is 2. The van der Waals surface area contributed by atoms with E-state index >= 15 is 0 Å². The molecule has 140 valence electrons. The molecule has 2 amide bonds. The number of carboxylic acid groups (broad SMARTS) is 1. The summed E-state index contributed by atoms with van der Waals surface area (Å²) in [6.07, 6.45) is 11.6. The molecular formula is C20H32N2O3. The van der Waals surface area contributed by atoms with Crippen LogP contribution in [0.5, 0.6) is 0 Å². The van der Waals surface area contributed by atoms with Crippen LogP contribution in [0.1, 0.15) is 81.5 Å². The van der Waals surface area contributed by atoms with Crippen LogP contribution in [0, 0.1) is 0 Å². The number of hydrogen-bond donors (Lipinski definition) is 3. The van der Waals surface area contributed by atoms with Gasteiger partial charge in [0.2, 0.25) is 0 Å². The maximum atomic E-state index is 12.0. The van der Waals surface area contributed by atoms with Gasteiger partial charge in [0.1, 0.15) is 0 Å². The molecule has 0 aliphatic carbocycles. The number of nitrogens with one attached hydrogen (secondary N) is 2. The average Bonchev–Trinajstić information content (AvgIpc) is 2.59. The summed E-state index contributed by atoms with van der Waals surface area (Å²) in [6.45, 7) is 2.93. The topological polar surface area (TPSA) is 78.4 Å². The molecule has 0 atom stereocenters. The quantitative estimate of drug-likeness (QED) is 0.416. The lowest BCUT2D eigenvalue weighted by Crippen LogP contribution is -2.24. The van der Waals surface area contributed by atoms with E-state index in [-0.39, 0.29) is 5.91 Å². The van der Waals surface area contributed by atoms with Crippen molar-refractivity contribution in [3.63, 3.8) is 0 Å². The van der Waals surface area contributed by atoms with Crippen LogP contribution in [0.2, 0.25) is 0 Å². The zero-order valence-corrected chi connectivity index (χ0v) is 15.4. The van der Waals surface area contributed by atoms with Gasteiger partial charge in [0, 0.05) is 17.8 Å². The van der Waals surface area contributed by atoms with Gasteiger partial charge in [-0.25, -0.2) is 4.79 Å². The third kappa shape index (κ3) is 10.4. The highest BCUT2D eigenvalue weighted by Crippen LogP contribution is 2.11. The fraction of sp³-hybridized carbons (Fsp3) is 0.600. The van der Waals surface area contributed by atoms with E-state index in [4.69, 9.17) is 5.11 Å². The molecule has 3 N–H and O–H groups in total. The van der Waals surface area contributed by atoms with Gasteiger partial charge < -0.3 is 10.4 Å². The first-order valence-corrected chi connectivity index (χ1v) is 9.51. The monoisotopic (exact) mass is 348 g/mol. The summed E-state index contributed by atoms with van der Waals surface area (Å²) in [6, 6.07) is 6.42. The van der Waals surface area contributed by atoms with Crippen molar-refractivity contribution < 1.29 is 14.7 Å². The minimum atomic E-state index is -1.11. The zero-order chi connectivity index (χ0) is 18.3. The number of benzene rings is 1. The summed E-state index contributed by atoms with van der Waals surface area (Å²) < 4.78 is 0. The molecule has 1 rings (SSSR count). The Kier molecular flexibility index (Phi) is 11.2. The maximum Gasteiger partial charge on any atom is 0.409 e.